The van der Waals surface area contributed by atoms with E-state index in [4.69, 9.17) is 11.6 Å². The number of rotatable bonds is 6. The summed E-state index contributed by atoms with van der Waals surface area (Å²) in [4.78, 5) is 21.9. The summed E-state index contributed by atoms with van der Waals surface area (Å²) in [7, 11) is 0. The number of aliphatic hydroxyl groups is 1. The zero-order chi connectivity index (χ0) is 18.0. The van der Waals surface area contributed by atoms with Crippen LogP contribution in [0.3, 0.4) is 0 Å². The first-order valence-corrected chi connectivity index (χ1v) is 8.86. The first-order chi connectivity index (χ1) is 12.0. The number of nitrogens with zero attached hydrogens (tertiary/aromatic N) is 4. The van der Waals surface area contributed by atoms with E-state index in [9.17, 15) is 15.2 Å². The van der Waals surface area contributed by atoms with E-state index in [2.05, 4.69) is 9.97 Å². The van der Waals surface area contributed by atoms with Crippen LogP contribution in [0.15, 0.2) is 29.6 Å². The van der Waals surface area contributed by atoms with Crippen molar-refractivity contribution >= 4 is 44.7 Å². The lowest BCUT2D eigenvalue weighted by molar-refractivity contribution is -0.384. The average Bonchev–Trinajstić information content (AvgIpc) is 3.02. The molecule has 25 heavy (non-hydrogen) atoms. The van der Waals surface area contributed by atoms with Crippen molar-refractivity contribution in [1.82, 2.24) is 9.97 Å². The van der Waals surface area contributed by atoms with Crippen molar-refractivity contribution in [2.45, 2.75) is 6.92 Å². The highest BCUT2D eigenvalue weighted by atomic mass is 35.5. The van der Waals surface area contributed by atoms with E-state index < -0.39 is 4.92 Å². The number of fused-ring (bicyclic) bond motifs is 1. The molecule has 130 valence electrons. The van der Waals surface area contributed by atoms with Crippen molar-refractivity contribution in [3.05, 3.63) is 45.0 Å². The number of thiophene rings is 1. The molecule has 0 aliphatic carbocycles. The fraction of sp³-hybridized carbons (Fsp3) is 0.250. The zero-order valence-corrected chi connectivity index (χ0v) is 14.9. The Balaban J connectivity index is 2.23. The number of likely N-dealkylation sites (N-methyl/N-ethyl adjacent to an activating group) is 1. The molecular formula is C16H15ClN4O3S. The van der Waals surface area contributed by atoms with E-state index in [1.165, 1.54) is 23.5 Å². The van der Waals surface area contributed by atoms with Crippen LogP contribution in [0.5, 0.6) is 0 Å². The highest BCUT2D eigenvalue weighted by molar-refractivity contribution is 7.17. The standard InChI is InChI=1S/C16H15ClN4O3S/c1-2-20(6-7-22)14-13-12(9-25-15(13)19-16(17)18-14)10-4-3-5-11(8-10)21(23)24/h3-5,8-9,22H,2,6-7H2,1H3. The second kappa shape index (κ2) is 7.30. The molecule has 3 rings (SSSR count). The fourth-order valence-corrected chi connectivity index (χ4v) is 3.82. The van der Waals surface area contributed by atoms with Gasteiger partial charge in [0.1, 0.15) is 10.6 Å². The predicted octanol–water partition coefficient (Wildman–Crippen LogP) is 3.74. The van der Waals surface area contributed by atoms with Crippen LogP contribution in [-0.2, 0) is 0 Å². The van der Waals surface area contributed by atoms with Crippen LogP contribution in [0, 0.1) is 10.1 Å². The Morgan fingerprint density at radius 2 is 2.20 bits per heavy atom. The second-order valence-corrected chi connectivity index (χ2v) is 6.45. The van der Waals surface area contributed by atoms with Gasteiger partial charge in [-0.2, -0.15) is 4.98 Å². The van der Waals surface area contributed by atoms with Gasteiger partial charge < -0.3 is 10.0 Å². The summed E-state index contributed by atoms with van der Waals surface area (Å²) < 4.78 is 0. The molecule has 0 saturated carbocycles. The Morgan fingerprint density at radius 3 is 2.88 bits per heavy atom. The average molecular weight is 379 g/mol. The molecule has 0 unspecified atom stereocenters. The highest BCUT2D eigenvalue weighted by Crippen LogP contribution is 2.39. The number of aromatic nitrogens is 2. The molecule has 0 bridgehead atoms. The van der Waals surface area contributed by atoms with E-state index in [0.29, 0.717) is 29.3 Å². The molecule has 7 nitrogen and oxygen atoms in total. The van der Waals surface area contributed by atoms with Crippen LogP contribution >= 0.6 is 22.9 Å². The predicted molar refractivity (Wildman–Crippen MR) is 99.5 cm³/mol. The number of halogens is 1. The highest BCUT2D eigenvalue weighted by Gasteiger charge is 2.19. The summed E-state index contributed by atoms with van der Waals surface area (Å²) in [6.45, 7) is 2.97. The Hall–Kier alpha value is -2.29. The number of non-ortho nitro benzene ring substituents is 1. The second-order valence-electron chi connectivity index (χ2n) is 5.26. The van der Waals surface area contributed by atoms with E-state index in [1.807, 2.05) is 23.3 Å². The van der Waals surface area contributed by atoms with Crippen LogP contribution in [0.2, 0.25) is 5.28 Å². The van der Waals surface area contributed by atoms with Crippen molar-refractivity contribution in [2.75, 3.05) is 24.6 Å². The molecule has 2 heterocycles. The Bertz CT molecular complexity index is 931. The Labute approximate surface area is 152 Å². The van der Waals surface area contributed by atoms with Crippen molar-refractivity contribution in [1.29, 1.82) is 0 Å². The van der Waals surface area contributed by atoms with Gasteiger partial charge in [0, 0.05) is 36.2 Å². The number of benzene rings is 1. The zero-order valence-electron chi connectivity index (χ0n) is 13.3. The third-order valence-corrected chi connectivity index (χ3v) is 4.85. The van der Waals surface area contributed by atoms with E-state index >= 15 is 0 Å². The maximum absolute atomic E-state index is 11.1. The summed E-state index contributed by atoms with van der Waals surface area (Å²) in [5, 5.41) is 23.2. The normalized spacial score (nSPS) is 11.0. The van der Waals surface area contributed by atoms with Gasteiger partial charge in [-0.1, -0.05) is 12.1 Å². The number of nitro groups is 1. The van der Waals surface area contributed by atoms with Gasteiger partial charge in [0.2, 0.25) is 5.28 Å². The van der Waals surface area contributed by atoms with Gasteiger partial charge in [-0.15, -0.1) is 11.3 Å². The van der Waals surface area contributed by atoms with Gasteiger partial charge in [0.15, 0.2) is 0 Å². The smallest absolute Gasteiger partial charge is 0.270 e. The number of aliphatic hydroxyl groups excluding tert-OH is 1. The molecule has 1 aromatic carbocycles. The molecule has 0 spiro atoms. The number of nitro benzene ring substituents is 1. The van der Waals surface area contributed by atoms with Gasteiger partial charge in [-0.05, 0) is 24.1 Å². The number of hydrogen-bond donors (Lipinski definition) is 1. The maximum Gasteiger partial charge on any atom is 0.270 e. The quantitative estimate of drug-likeness (QED) is 0.399. The van der Waals surface area contributed by atoms with Crippen molar-refractivity contribution in [2.24, 2.45) is 0 Å². The van der Waals surface area contributed by atoms with E-state index in [1.54, 1.807) is 6.07 Å². The lowest BCUT2D eigenvalue weighted by atomic mass is 10.1. The minimum atomic E-state index is -0.420. The summed E-state index contributed by atoms with van der Waals surface area (Å²) in [6, 6.07) is 6.45. The van der Waals surface area contributed by atoms with Crippen LogP contribution in [-0.4, -0.2) is 39.7 Å². The van der Waals surface area contributed by atoms with E-state index in [-0.39, 0.29) is 17.6 Å². The molecule has 1 N–H and O–H groups in total. The molecule has 2 aromatic heterocycles. The summed E-state index contributed by atoms with van der Waals surface area (Å²) in [6.07, 6.45) is 0. The molecule has 3 aromatic rings. The van der Waals surface area contributed by atoms with Gasteiger partial charge in [-0.25, -0.2) is 4.98 Å². The van der Waals surface area contributed by atoms with Crippen LogP contribution < -0.4 is 4.90 Å². The Kier molecular flexibility index (Phi) is 5.12. The van der Waals surface area contributed by atoms with Gasteiger partial charge in [-0.3, -0.25) is 10.1 Å². The minimum Gasteiger partial charge on any atom is -0.395 e. The largest absolute Gasteiger partial charge is 0.395 e. The van der Waals surface area contributed by atoms with Gasteiger partial charge in [0.05, 0.1) is 16.9 Å². The summed E-state index contributed by atoms with van der Waals surface area (Å²) in [5.74, 6) is 0.620. The van der Waals surface area contributed by atoms with Crippen LogP contribution in [0.4, 0.5) is 11.5 Å². The molecule has 0 atom stereocenters. The molecule has 0 aliphatic heterocycles. The lowest BCUT2D eigenvalue weighted by Crippen LogP contribution is -2.27. The van der Waals surface area contributed by atoms with Crippen molar-refractivity contribution < 1.29 is 10.0 Å². The molecule has 9 heteroatoms. The van der Waals surface area contributed by atoms with Gasteiger partial charge >= 0.3 is 0 Å². The molecule has 0 radical (unpaired) electrons. The molecule has 0 amide bonds. The fourth-order valence-electron chi connectivity index (χ4n) is 2.66. The number of anilines is 1. The topological polar surface area (TPSA) is 92.4 Å². The van der Waals surface area contributed by atoms with E-state index in [0.717, 1.165) is 10.9 Å². The first-order valence-electron chi connectivity index (χ1n) is 7.60. The molecular weight excluding hydrogens is 364 g/mol. The van der Waals surface area contributed by atoms with Crippen molar-refractivity contribution in [3.8, 4) is 11.1 Å². The van der Waals surface area contributed by atoms with Crippen LogP contribution in [0.25, 0.3) is 21.3 Å². The van der Waals surface area contributed by atoms with Crippen LogP contribution in [0.1, 0.15) is 6.92 Å². The van der Waals surface area contributed by atoms with Crippen molar-refractivity contribution in [3.63, 3.8) is 0 Å². The molecule has 0 saturated heterocycles. The SMILES string of the molecule is CCN(CCO)c1nc(Cl)nc2scc(-c3cccc([N+](=O)[O-])c3)c12. The third-order valence-electron chi connectivity index (χ3n) is 3.81. The monoisotopic (exact) mass is 378 g/mol. The third kappa shape index (κ3) is 3.41. The summed E-state index contributed by atoms with van der Waals surface area (Å²) in [5.41, 5.74) is 1.55. The molecule has 0 aliphatic rings. The number of hydrogen-bond acceptors (Lipinski definition) is 7. The summed E-state index contributed by atoms with van der Waals surface area (Å²) >= 11 is 7.46. The minimum absolute atomic E-state index is 0.0206. The maximum atomic E-state index is 11.1. The Morgan fingerprint density at radius 1 is 1.40 bits per heavy atom. The lowest BCUT2D eigenvalue weighted by Gasteiger charge is -2.22. The van der Waals surface area contributed by atoms with Gasteiger partial charge in [0.25, 0.3) is 5.69 Å². The molecule has 0 fully saturated rings. The first kappa shape index (κ1) is 17.5.